The van der Waals surface area contributed by atoms with E-state index in [0.717, 1.165) is 19.3 Å². The minimum Gasteiger partial charge on any atom is -0.332 e. The van der Waals surface area contributed by atoms with Crippen LogP contribution < -0.4 is 5.73 Å². The molecular formula is C12H21N3. The average Bonchev–Trinajstić information content (AvgIpc) is 2.68. The Kier molecular flexibility index (Phi) is 3.41. The highest BCUT2D eigenvalue weighted by Gasteiger charge is 2.20. The topological polar surface area (TPSA) is 43.8 Å². The molecule has 1 aliphatic rings. The Balaban J connectivity index is 2.05. The molecule has 1 saturated carbocycles. The van der Waals surface area contributed by atoms with Gasteiger partial charge in [0, 0.05) is 24.0 Å². The van der Waals surface area contributed by atoms with Gasteiger partial charge in [-0.2, -0.15) is 0 Å². The molecule has 0 spiro atoms. The molecule has 1 aliphatic carbocycles. The van der Waals surface area contributed by atoms with Gasteiger partial charge in [0.05, 0.1) is 6.33 Å². The quantitative estimate of drug-likeness (QED) is 0.826. The molecule has 3 nitrogen and oxygen atoms in total. The maximum Gasteiger partial charge on any atom is 0.0950 e. The van der Waals surface area contributed by atoms with Crippen LogP contribution in [0.15, 0.2) is 12.5 Å². The number of aryl methyl sites for hydroxylation is 1. The lowest BCUT2D eigenvalue weighted by Gasteiger charge is -2.28. The molecule has 2 N–H and O–H groups in total. The van der Waals surface area contributed by atoms with E-state index in [4.69, 9.17) is 5.73 Å². The Labute approximate surface area is 91.7 Å². The largest absolute Gasteiger partial charge is 0.332 e. The Morgan fingerprint density at radius 3 is 2.80 bits per heavy atom. The van der Waals surface area contributed by atoms with E-state index >= 15 is 0 Å². The zero-order chi connectivity index (χ0) is 10.7. The fraction of sp³-hybridized carbons (Fsp3) is 0.750. The van der Waals surface area contributed by atoms with E-state index in [2.05, 4.69) is 16.5 Å². The number of hydrogen-bond acceptors (Lipinski definition) is 2. The SMILES string of the molecule is CCCc1cncn1C1CCC(N)CC1. The van der Waals surface area contributed by atoms with Crippen molar-refractivity contribution in [1.29, 1.82) is 0 Å². The average molecular weight is 207 g/mol. The predicted molar refractivity (Wildman–Crippen MR) is 61.7 cm³/mol. The van der Waals surface area contributed by atoms with E-state index in [0.29, 0.717) is 12.1 Å². The van der Waals surface area contributed by atoms with Crippen molar-refractivity contribution in [3.8, 4) is 0 Å². The van der Waals surface area contributed by atoms with Crippen molar-refractivity contribution in [3.63, 3.8) is 0 Å². The summed E-state index contributed by atoms with van der Waals surface area (Å²) in [5.41, 5.74) is 7.31. The first-order valence-corrected chi connectivity index (χ1v) is 6.07. The predicted octanol–water partition coefficient (Wildman–Crippen LogP) is 2.28. The van der Waals surface area contributed by atoms with Crippen LogP contribution in [0.5, 0.6) is 0 Å². The summed E-state index contributed by atoms with van der Waals surface area (Å²) in [5, 5.41) is 0. The monoisotopic (exact) mass is 207 g/mol. The summed E-state index contributed by atoms with van der Waals surface area (Å²) in [5.74, 6) is 0. The van der Waals surface area contributed by atoms with E-state index in [1.807, 2.05) is 12.5 Å². The van der Waals surface area contributed by atoms with Gasteiger partial charge in [-0.15, -0.1) is 0 Å². The third kappa shape index (κ3) is 2.40. The van der Waals surface area contributed by atoms with Crippen LogP contribution in [0.4, 0.5) is 0 Å². The molecule has 0 radical (unpaired) electrons. The summed E-state index contributed by atoms with van der Waals surface area (Å²) in [6.45, 7) is 2.22. The molecule has 0 aliphatic heterocycles. The van der Waals surface area contributed by atoms with Crippen LogP contribution in [0, 0.1) is 0 Å². The minimum atomic E-state index is 0.430. The molecule has 0 atom stereocenters. The van der Waals surface area contributed by atoms with E-state index < -0.39 is 0 Å². The molecule has 15 heavy (non-hydrogen) atoms. The van der Waals surface area contributed by atoms with Crippen molar-refractivity contribution in [2.75, 3.05) is 0 Å². The van der Waals surface area contributed by atoms with Crippen LogP contribution >= 0.6 is 0 Å². The van der Waals surface area contributed by atoms with E-state index in [9.17, 15) is 0 Å². The molecule has 0 amide bonds. The van der Waals surface area contributed by atoms with Crippen molar-refractivity contribution in [2.45, 2.75) is 57.5 Å². The normalized spacial score (nSPS) is 26.8. The van der Waals surface area contributed by atoms with Gasteiger partial charge in [-0.1, -0.05) is 13.3 Å². The van der Waals surface area contributed by atoms with E-state index in [-0.39, 0.29) is 0 Å². The second-order valence-corrected chi connectivity index (χ2v) is 4.61. The van der Waals surface area contributed by atoms with Crippen LogP contribution in [0.2, 0.25) is 0 Å². The molecule has 84 valence electrons. The first-order chi connectivity index (χ1) is 7.31. The Morgan fingerprint density at radius 1 is 1.40 bits per heavy atom. The lowest BCUT2D eigenvalue weighted by Crippen LogP contribution is -2.28. The summed E-state index contributed by atoms with van der Waals surface area (Å²) in [6, 6.07) is 1.08. The summed E-state index contributed by atoms with van der Waals surface area (Å²) < 4.78 is 2.37. The fourth-order valence-corrected chi connectivity index (χ4v) is 2.49. The number of nitrogens with zero attached hydrogens (tertiary/aromatic N) is 2. The van der Waals surface area contributed by atoms with Gasteiger partial charge >= 0.3 is 0 Å². The number of rotatable bonds is 3. The highest BCUT2D eigenvalue weighted by atomic mass is 15.1. The van der Waals surface area contributed by atoms with E-state index in [1.165, 1.54) is 25.0 Å². The molecule has 2 rings (SSSR count). The Bertz CT molecular complexity index is 298. The molecule has 1 heterocycles. The summed E-state index contributed by atoms with van der Waals surface area (Å²) in [7, 11) is 0. The van der Waals surface area contributed by atoms with Gasteiger partial charge < -0.3 is 10.3 Å². The zero-order valence-corrected chi connectivity index (χ0v) is 9.52. The van der Waals surface area contributed by atoms with Crippen molar-refractivity contribution < 1.29 is 0 Å². The second kappa shape index (κ2) is 4.79. The highest BCUT2D eigenvalue weighted by Crippen LogP contribution is 2.28. The van der Waals surface area contributed by atoms with Gasteiger partial charge in [0.15, 0.2) is 0 Å². The van der Waals surface area contributed by atoms with Crippen molar-refractivity contribution in [3.05, 3.63) is 18.2 Å². The lowest BCUT2D eigenvalue weighted by molar-refractivity contribution is 0.318. The summed E-state index contributed by atoms with van der Waals surface area (Å²) >= 11 is 0. The molecule has 3 heteroatoms. The Morgan fingerprint density at radius 2 is 2.13 bits per heavy atom. The van der Waals surface area contributed by atoms with Crippen molar-refractivity contribution >= 4 is 0 Å². The number of hydrogen-bond donors (Lipinski definition) is 1. The first kappa shape index (κ1) is 10.7. The third-order valence-corrected chi connectivity index (χ3v) is 3.39. The maximum atomic E-state index is 5.92. The third-order valence-electron chi connectivity index (χ3n) is 3.39. The highest BCUT2D eigenvalue weighted by molar-refractivity contribution is 5.01. The molecule has 1 aromatic heterocycles. The molecular weight excluding hydrogens is 186 g/mol. The molecule has 0 bridgehead atoms. The smallest absolute Gasteiger partial charge is 0.0950 e. The maximum absolute atomic E-state index is 5.92. The molecule has 0 aromatic carbocycles. The van der Waals surface area contributed by atoms with Crippen molar-refractivity contribution in [1.82, 2.24) is 9.55 Å². The van der Waals surface area contributed by atoms with Crippen molar-refractivity contribution in [2.24, 2.45) is 5.73 Å². The molecule has 0 unspecified atom stereocenters. The summed E-state index contributed by atoms with van der Waals surface area (Å²) in [6.07, 6.45) is 11.1. The molecule has 1 aromatic rings. The van der Waals surface area contributed by atoms with Gasteiger partial charge in [0.1, 0.15) is 0 Å². The van der Waals surface area contributed by atoms with Gasteiger partial charge in [-0.25, -0.2) is 4.98 Å². The number of aromatic nitrogens is 2. The Hall–Kier alpha value is -0.830. The molecule has 0 saturated heterocycles. The summed E-state index contributed by atoms with van der Waals surface area (Å²) in [4.78, 5) is 4.27. The van der Waals surface area contributed by atoms with Gasteiger partial charge in [0.25, 0.3) is 0 Å². The van der Waals surface area contributed by atoms with Crippen LogP contribution in [0.1, 0.15) is 50.8 Å². The second-order valence-electron chi connectivity index (χ2n) is 4.61. The van der Waals surface area contributed by atoms with Crippen LogP contribution in [-0.4, -0.2) is 15.6 Å². The van der Waals surface area contributed by atoms with Crippen LogP contribution in [0.3, 0.4) is 0 Å². The van der Waals surface area contributed by atoms with E-state index in [1.54, 1.807) is 0 Å². The number of nitrogens with two attached hydrogens (primary N) is 1. The minimum absolute atomic E-state index is 0.430. The van der Waals surface area contributed by atoms with Gasteiger partial charge in [-0.05, 0) is 32.1 Å². The molecule has 1 fully saturated rings. The van der Waals surface area contributed by atoms with Crippen LogP contribution in [-0.2, 0) is 6.42 Å². The fourth-order valence-electron chi connectivity index (χ4n) is 2.49. The first-order valence-electron chi connectivity index (χ1n) is 6.07. The lowest BCUT2D eigenvalue weighted by atomic mass is 9.91. The van der Waals surface area contributed by atoms with Gasteiger partial charge in [-0.3, -0.25) is 0 Å². The van der Waals surface area contributed by atoms with Gasteiger partial charge in [0.2, 0.25) is 0 Å². The van der Waals surface area contributed by atoms with Crippen LogP contribution in [0.25, 0.3) is 0 Å². The number of imidazole rings is 1. The standard InChI is InChI=1S/C12H21N3/c1-2-3-12-8-14-9-15(12)11-6-4-10(13)5-7-11/h8-11H,2-7,13H2,1H3. The zero-order valence-electron chi connectivity index (χ0n) is 9.52.